The monoisotopic (exact) mass is 356 g/mol. The van der Waals surface area contributed by atoms with E-state index in [9.17, 15) is 30.6 Å². The smallest absolute Gasteiger partial charge is 0.187 e. The molecule has 24 heavy (non-hydrogen) atoms. The van der Waals surface area contributed by atoms with Crippen LogP contribution in [0.2, 0.25) is 0 Å². The zero-order valence-corrected chi connectivity index (χ0v) is 13.0. The van der Waals surface area contributed by atoms with E-state index in [-0.39, 0.29) is 0 Å². The normalized spacial score (nSPS) is 50.0. The minimum Gasteiger partial charge on any atom is -0.394 e. The number of hydrogen-bond acceptors (Lipinski definition) is 11. The molecule has 0 radical (unpaired) electrons. The highest BCUT2D eigenvalue weighted by molar-refractivity contribution is 4.93. The summed E-state index contributed by atoms with van der Waals surface area (Å²) in [6.45, 7) is -1.24. The molecule has 0 spiro atoms. The lowest BCUT2D eigenvalue weighted by Gasteiger charge is -2.45. The van der Waals surface area contributed by atoms with E-state index in [4.69, 9.17) is 24.1 Å². The Balaban J connectivity index is 2.12. The molecule has 10 atom stereocenters. The lowest BCUT2D eigenvalue weighted by Crippen LogP contribution is -2.64. The van der Waals surface area contributed by atoms with Crippen LogP contribution in [0.5, 0.6) is 0 Å². The molecule has 0 aromatic carbocycles. The standard InChI is InChI=1S/C13H24O11/c1-21-12-10(20)8(18)11(5(3-15)23-12)24-13-9(19)7(17)6(16)4(2-14)22-13/h4-20H,2-3H2,1H3/t4-,5-,6-,7+,8-,9-,10+,11-,12+,13+/m1/s1. The molecule has 0 aliphatic carbocycles. The second-order valence-corrected chi connectivity index (χ2v) is 5.74. The van der Waals surface area contributed by atoms with E-state index in [1.807, 2.05) is 0 Å². The van der Waals surface area contributed by atoms with Gasteiger partial charge in [-0.1, -0.05) is 0 Å². The molecule has 0 amide bonds. The van der Waals surface area contributed by atoms with Gasteiger partial charge in [-0.2, -0.15) is 0 Å². The molecule has 0 aromatic heterocycles. The van der Waals surface area contributed by atoms with Gasteiger partial charge in [0.05, 0.1) is 13.2 Å². The Morgan fingerprint density at radius 3 is 1.79 bits per heavy atom. The van der Waals surface area contributed by atoms with E-state index in [1.165, 1.54) is 7.11 Å². The summed E-state index contributed by atoms with van der Waals surface area (Å²) in [4.78, 5) is 0. The molecule has 2 aliphatic rings. The minimum absolute atomic E-state index is 0.592. The van der Waals surface area contributed by atoms with Crippen molar-refractivity contribution in [3.05, 3.63) is 0 Å². The van der Waals surface area contributed by atoms with Crippen LogP contribution in [0.1, 0.15) is 0 Å². The summed E-state index contributed by atoms with van der Waals surface area (Å²) in [5, 5.41) is 68.0. The zero-order chi connectivity index (χ0) is 18.0. The maximum absolute atomic E-state index is 10.2. The summed E-state index contributed by atoms with van der Waals surface area (Å²) >= 11 is 0. The van der Waals surface area contributed by atoms with Crippen LogP contribution in [0.15, 0.2) is 0 Å². The minimum atomic E-state index is -1.69. The molecule has 0 aromatic rings. The second kappa shape index (κ2) is 8.29. The fraction of sp³-hybridized carbons (Fsp3) is 1.00. The molecule has 11 nitrogen and oxygen atoms in total. The molecule has 2 fully saturated rings. The van der Waals surface area contributed by atoms with Crippen molar-refractivity contribution >= 4 is 0 Å². The zero-order valence-electron chi connectivity index (χ0n) is 13.0. The van der Waals surface area contributed by atoms with E-state index in [1.54, 1.807) is 0 Å². The summed E-state index contributed by atoms with van der Waals surface area (Å²) in [7, 11) is 1.24. The van der Waals surface area contributed by atoms with Crippen molar-refractivity contribution in [2.24, 2.45) is 0 Å². The van der Waals surface area contributed by atoms with E-state index in [0.29, 0.717) is 0 Å². The van der Waals surface area contributed by atoms with E-state index >= 15 is 0 Å². The maximum atomic E-state index is 10.2. The number of hydrogen-bond donors (Lipinski definition) is 7. The first-order chi connectivity index (χ1) is 11.3. The molecule has 0 bridgehead atoms. The summed E-state index contributed by atoms with van der Waals surface area (Å²) in [6, 6.07) is 0. The van der Waals surface area contributed by atoms with Crippen molar-refractivity contribution in [1.29, 1.82) is 0 Å². The van der Waals surface area contributed by atoms with Gasteiger partial charge < -0.3 is 54.7 Å². The fourth-order valence-corrected chi connectivity index (χ4v) is 2.75. The molecular formula is C13H24O11. The van der Waals surface area contributed by atoms with Gasteiger partial charge in [-0.15, -0.1) is 0 Å². The molecule has 2 heterocycles. The van der Waals surface area contributed by atoms with Gasteiger partial charge in [0.25, 0.3) is 0 Å². The molecule has 11 heteroatoms. The van der Waals surface area contributed by atoms with Crippen LogP contribution in [0.4, 0.5) is 0 Å². The van der Waals surface area contributed by atoms with Crippen LogP contribution in [0.25, 0.3) is 0 Å². The van der Waals surface area contributed by atoms with E-state index < -0.39 is 74.6 Å². The van der Waals surface area contributed by atoms with Crippen molar-refractivity contribution in [3.63, 3.8) is 0 Å². The highest BCUT2D eigenvalue weighted by Gasteiger charge is 2.50. The average Bonchev–Trinajstić information content (AvgIpc) is 2.59. The predicted octanol–water partition coefficient (Wildman–Crippen LogP) is -4.74. The van der Waals surface area contributed by atoms with Gasteiger partial charge in [0.1, 0.15) is 48.8 Å². The number of aliphatic hydroxyl groups is 7. The van der Waals surface area contributed by atoms with Crippen LogP contribution < -0.4 is 0 Å². The van der Waals surface area contributed by atoms with Crippen molar-refractivity contribution in [1.82, 2.24) is 0 Å². The Bertz CT molecular complexity index is 392. The summed E-state index contributed by atoms with van der Waals surface area (Å²) in [5.41, 5.74) is 0. The van der Waals surface area contributed by atoms with Crippen molar-refractivity contribution in [2.45, 2.75) is 61.4 Å². The van der Waals surface area contributed by atoms with Crippen molar-refractivity contribution < 1.29 is 54.7 Å². The number of ether oxygens (including phenoxy) is 4. The first-order valence-electron chi connectivity index (χ1n) is 7.46. The lowest BCUT2D eigenvalue weighted by atomic mass is 9.97. The van der Waals surface area contributed by atoms with Crippen LogP contribution in [-0.4, -0.2) is 117 Å². The molecule has 7 N–H and O–H groups in total. The van der Waals surface area contributed by atoms with Crippen molar-refractivity contribution in [2.75, 3.05) is 20.3 Å². The van der Waals surface area contributed by atoms with Crippen LogP contribution in [-0.2, 0) is 18.9 Å². The average molecular weight is 356 g/mol. The first kappa shape index (κ1) is 19.9. The Hall–Kier alpha value is -0.440. The van der Waals surface area contributed by atoms with Gasteiger partial charge in [0.2, 0.25) is 0 Å². The Kier molecular flexibility index (Phi) is 6.87. The quantitative estimate of drug-likeness (QED) is 0.251. The summed E-state index contributed by atoms with van der Waals surface area (Å²) in [5.74, 6) is 0. The first-order valence-corrected chi connectivity index (χ1v) is 7.46. The highest BCUT2D eigenvalue weighted by Crippen LogP contribution is 2.29. The number of methoxy groups -OCH3 is 1. The Morgan fingerprint density at radius 1 is 0.708 bits per heavy atom. The van der Waals surface area contributed by atoms with Gasteiger partial charge in [-0.25, -0.2) is 0 Å². The SMILES string of the molecule is CO[C@H]1O[C@H](CO)[C@@H](O[C@@H]2O[C@H](CO)[C@@H](O)[C@H](O)[C@H]2O)[C@H](O)[C@@H]1O. The summed E-state index contributed by atoms with van der Waals surface area (Å²) in [6.07, 6.45) is -14.3. The third-order valence-corrected chi connectivity index (χ3v) is 4.19. The van der Waals surface area contributed by atoms with Crippen LogP contribution in [0, 0.1) is 0 Å². The number of rotatable bonds is 5. The second-order valence-electron chi connectivity index (χ2n) is 5.74. The molecule has 142 valence electrons. The third kappa shape index (κ3) is 3.71. The van der Waals surface area contributed by atoms with Gasteiger partial charge >= 0.3 is 0 Å². The van der Waals surface area contributed by atoms with Gasteiger partial charge in [0.15, 0.2) is 12.6 Å². The Labute approximate surface area is 137 Å². The fourth-order valence-electron chi connectivity index (χ4n) is 2.75. The largest absolute Gasteiger partial charge is 0.394 e. The summed E-state index contributed by atoms with van der Waals surface area (Å²) < 4.78 is 20.6. The third-order valence-electron chi connectivity index (χ3n) is 4.19. The lowest BCUT2D eigenvalue weighted by molar-refractivity contribution is -0.357. The maximum Gasteiger partial charge on any atom is 0.187 e. The van der Waals surface area contributed by atoms with Gasteiger partial charge in [0, 0.05) is 7.11 Å². The molecule has 2 aliphatic heterocycles. The Morgan fingerprint density at radius 2 is 1.25 bits per heavy atom. The topological polar surface area (TPSA) is 179 Å². The molecular weight excluding hydrogens is 332 g/mol. The molecule has 0 saturated carbocycles. The van der Waals surface area contributed by atoms with E-state index in [0.717, 1.165) is 0 Å². The van der Waals surface area contributed by atoms with Crippen LogP contribution in [0.3, 0.4) is 0 Å². The van der Waals surface area contributed by atoms with Crippen LogP contribution >= 0.6 is 0 Å². The van der Waals surface area contributed by atoms with E-state index in [2.05, 4.69) is 0 Å². The number of aliphatic hydroxyl groups excluding tert-OH is 7. The molecule has 0 unspecified atom stereocenters. The van der Waals surface area contributed by atoms with Gasteiger partial charge in [-0.05, 0) is 0 Å². The molecule has 2 saturated heterocycles. The molecule has 2 rings (SSSR count). The van der Waals surface area contributed by atoms with Gasteiger partial charge in [-0.3, -0.25) is 0 Å². The predicted molar refractivity (Wildman–Crippen MR) is 73.4 cm³/mol. The highest BCUT2D eigenvalue weighted by atomic mass is 16.7. The van der Waals surface area contributed by atoms with Crippen molar-refractivity contribution in [3.8, 4) is 0 Å².